The van der Waals surface area contributed by atoms with Gasteiger partial charge in [0.1, 0.15) is 5.75 Å². The van der Waals surface area contributed by atoms with Crippen LogP contribution in [0, 0.1) is 0 Å². The van der Waals surface area contributed by atoms with Crippen LogP contribution in [0.3, 0.4) is 0 Å². The molecular formula is C16H25NO2. The Morgan fingerprint density at radius 2 is 1.58 bits per heavy atom. The first-order valence-electron chi connectivity index (χ1n) is 7.09. The fraction of sp³-hybridized carbons (Fsp3) is 0.625. The number of phenolic OH excluding ortho intramolecular Hbond substituents is 1. The average molecular weight is 263 g/mol. The molecule has 1 fully saturated rings. The van der Waals surface area contributed by atoms with Crippen LogP contribution in [0.25, 0.3) is 0 Å². The molecule has 0 heterocycles. The van der Waals surface area contributed by atoms with E-state index in [-0.39, 0.29) is 5.75 Å². The lowest BCUT2D eigenvalue weighted by atomic mass is 9.67. The number of aromatic hydroxyl groups is 1. The van der Waals surface area contributed by atoms with Crippen LogP contribution < -0.4 is 0 Å². The molecule has 2 N–H and O–H groups in total. The zero-order valence-electron chi connectivity index (χ0n) is 12.2. The molecule has 1 aliphatic rings. The zero-order valence-corrected chi connectivity index (χ0v) is 12.2. The quantitative estimate of drug-likeness (QED) is 0.881. The number of hydrogen-bond acceptors (Lipinski definition) is 3. The predicted molar refractivity (Wildman–Crippen MR) is 77.2 cm³/mol. The molecule has 1 aromatic carbocycles. The minimum absolute atomic E-state index is 0.264. The minimum atomic E-state index is -0.703. The van der Waals surface area contributed by atoms with Crippen LogP contribution in [0.2, 0.25) is 0 Å². The van der Waals surface area contributed by atoms with Gasteiger partial charge in [0, 0.05) is 0 Å². The van der Waals surface area contributed by atoms with E-state index < -0.39 is 11.1 Å². The standard InChI is InChI=1S/C16H25NO2/c1-15(17(2)3,13-7-9-14(18)10-8-13)16(19)11-5-4-6-12-16/h7-10,18-19H,4-6,11-12H2,1-3H3. The van der Waals surface area contributed by atoms with Crippen LogP contribution in [0.1, 0.15) is 44.6 Å². The van der Waals surface area contributed by atoms with Gasteiger partial charge in [-0.15, -0.1) is 0 Å². The number of rotatable bonds is 3. The number of hydrogen-bond donors (Lipinski definition) is 2. The summed E-state index contributed by atoms with van der Waals surface area (Å²) in [6.07, 6.45) is 5.04. The maximum atomic E-state index is 11.2. The van der Waals surface area contributed by atoms with Gasteiger partial charge in [0.2, 0.25) is 0 Å². The van der Waals surface area contributed by atoms with E-state index >= 15 is 0 Å². The van der Waals surface area contributed by atoms with Crippen molar-refractivity contribution in [2.24, 2.45) is 0 Å². The molecule has 0 aliphatic heterocycles. The summed E-state index contributed by atoms with van der Waals surface area (Å²) < 4.78 is 0. The Labute approximate surface area is 115 Å². The number of likely N-dealkylation sites (N-methyl/N-ethyl adjacent to an activating group) is 1. The van der Waals surface area contributed by atoms with Gasteiger partial charge >= 0.3 is 0 Å². The van der Waals surface area contributed by atoms with E-state index in [0.717, 1.165) is 31.2 Å². The molecule has 19 heavy (non-hydrogen) atoms. The smallest absolute Gasteiger partial charge is 0.115 e. The molecule has 0 amide bonds. The largest absolute Gasteiger partial charge is 0.508 e. The molecule has 0 aromatic heterocycles. The Kier molecular flexibility index (Phi) is 3.88. The van der Waals surface area contributed by atoms with Crippen molar-refractivity contribution in [1.82, 2.24) is 4.90 Å². The summed E-state index contributed by atoms with van der Waals surface area (Å²) in [5, 5.41) is 20.6. The van der Waals surface area contributed by atoms with Gasteiger partial charge in [-0.3, -0.25) is 4.90 Å². The van der Waals surface area contributed by atoms with Gasteiger partial charge in [0.15, 0.2) is 0 Å². The van der Waals surface area contributed by atoms with E-state index in [1.165, 1.54) is 6.42 Å². The molecule has 1 saturated carbocycles. The highest BCUT2D eigenvalue weighted by Gasteiger charge is 2.49. The number of nitrogens with zero attached hydrogens (tertiary/aromatic N) is 1. The zero-order chi connectivity index (χ0) is 14.1. The summed E-state index contributed by atoms with van der Waals surface area (Å²) in [6.45, 7) is 2.10. The van der Waals surface area contributed by atoms with E-state index in [0.29, 0.717) is 0 Å². The van der Waals surface area contributed by atoms with Gasteiger partial charge in [-0.1, -0.05) is 31.4 Å². The first-order chi connectivity index (χ1) is 8.90. The van der Waals surface area contributed by atoms with Crippen molar-refractivity contribution in [1.29, 1.82) is 0 Å². The molecule has 2 rings (SSSR count). The van der Waals surface area contributed by atoms with Crippen LogP contribution in [-0.4, -0.2) is 34.8 Å². The van der Waals surface area contributed by atoms with Gasteiger partial charge in [-0.25, -0.2) is 0 Å². The van der Waals surface area contributed by atoms with Crippen LogP contribution in [0.15, 0.2) is 24.3 Å². The highest BCUT2D eigenvalue weighted by atomic mass is 16.3. The SMILES string of the molecule is CN(C)C(C)(c1ccc(O)cc1)C1(O)CCCCC1. The second kappa shape index (κ2) is 5.14. The Hall–Kier alpha value is -1.06. The van der Waals surface area contributed by atoms with Crippen LogP contribution in [0.4, 0.5) is 0 Å². The normalized spacial score (nSPS) is 22.2. The molecule has 1 aliphatic carbocycles. The van der Waals surface area contributed by atoms with Gasteiger partial charge in [0.05, 0.1) is 11.1 Å². The first kappa shape index (κ1) is 14.4. The lowest BCUT2D eigenvalue weighted by Crippen LogP contribution is -2.58. The van der Waals surface area contributed by atoms with Crippen molar-refractivity contribution in [2.75, 3.05) is 14.1 Å². The van der Waals surface area contributed by atoms with E-state index in [1.54, 1.807) is 12.1 Å². The molecule has 1 unspecified atom stereocenters. The second-order valence-electron chi connectivity index (χ2n) is 6.11. The molecule has 0 radical (unpaired) electrons. The summed E-state index contributed by atoms with van der Waals surface area (Å²) >= 11 is 0. The van der Waals surface area contributed by atoms with Crippen molar-refractivity contribution in [3.05, 3.63) is 29.8 Å². The number of aliphatic hydroxyl groups is 1. The predicted octanol–water partition coefficient (Wildman–Crippen LogP) is 2.86. The monoisotopic (exact) mass is 263 g/mol. The average Bonchev–Trinajstić information content (AvgIpc) is 2.39. The third-order valence-corrected chi connectivity index (χ3v) is 4.91. The summed E-state index contributed by atoms with van der Waals surface area (Å²) in [5.74, 6) is 0.264. The molecular weight excluding hydrogens is 238 g/mol. The fourth-order valence-corrected chi connectivity index (χ4v) is 3.35. The fourth-order valence-electron chi connectivity index (χ4n) is 3.35. The number of phenols is 1. The third-order valence-electron chi connectivity index (χ3n) is 4.91. The van der Waals surface area contributed by atoms with Crippen LogP contribution in [-0.2, 0) is 5.54 Å². The highest BCUT2D eigenvalue weighted by molar-refractivity contribution is 5.33. The topological polar surface area (TPSA) is 43.7 Å². The second-order valence-corrected chi connectivity index (χ2v) is 6.11. The molecule has 0 saturated heterocycles. The molecule has 0 bridgehead atoms. The van der Waals surface area contributed by atoms with Crippen molar-refractivity contribution in [3.63, 3.8) is 0 Å². The lowest BCUT2D eigenvalue weighted by Gasteiger charge is -2.51. The Bertz CT molecular complexity index is 421. The van der Waals surface area contributed by atoms with E-state index in [4.69, 9.17) is 0 Å². The van der Waals surface area contributed by atoms with Crippen LogP contribution >= 0.6 is 0 Å². The maximum Gasteiger partial charge on any atom is 0.115 e. The van der Waals surface area contributed by atoms with Gasteiger partial charge in [-0.2, -0.15) is 0 Å². The highest BCUT2D eigenvalue weighted by Crippen LogP contribution is 2.45. The van der Waals surface area contributed by atoms with E-state index in [2.05, 4.69) is 11.8 Å². The summed E-state index contributed by atoms with van der Waals surface area (Å²) in [6, 6.07) is 7.23. The lowest BCUT2D eigenvalue weighted by molar-refractivity contribution is -0.117. The minimum Gasteiger partial charge on any atom is -0.508 e. The molecule has 3 heteroatoms. The van der Waals surface area contributed by atoms with E-state index in [9.17, 15) is 10.2 Å². The van der Waals surface area contributed by atoms with Gasteiger partial charge in [-0.05, 0) is 51.6 Å². The van der Waals surface area contributed by atoms with E-state index in [1.807, 2.05) is 26.2 Å². The van der Waals surface area contributed by atoms with Crippen molar-refractivity contribution in [3.8, 4) is 5.75 Å². The van der Waals surface area contributed by atoms with Crippen LogP contribution in [0.5, 0.6) is 5.75 Å². The summed E-state index contributed by atoms with van der Waals surface area (Å²) in [5.41, 5.74) is -0.0768. The Morgan fingerprint density at radius 1 is 1.05 bits per heavy atom. The van der Waals surface area contributed by atoms with Crippen molar-refractivity contribution >= 4 is 0 Å². The molecule has 3 nitrogen and oxygen atoms in total. The molecule has 106 valence electrons. The first-order valence-corrected chi connectivity index (χ1v) is 7.09. The van der Waals surface area contributed by atoms with Crippen molar-refractivity contribution < 1.29 is 10.2 Å². The van der Waals surface area contributed by atoms with Gasteiger partial charge < -0.3 is 10.2 Å². The number of benzene rings is 1. The maximum absolute atomic E-state index is 11.2. The third kappa shape index (κ3) is 2.37. The molecule has 1 atom stereocenters. The summed E-state index contributed by atoms with van der Waals surface area (Å²) in [4.78, 5) is 2.10. The molecule has 1 aromatic rings. The van der Waals surface area contributed by atoms with Crippen molar-refractivity contribution in [2.45, 2.75) is 50.2 Å². The molecule has 0 spiro atoms. The Morgan fingerprint density at radius 3 is 2.05 bits per heavy atom. The van der Waals surface area contributed by atoms with Gasteiger partial charge in [0.25, 0.3) is 0 Å². The summed E-state index contributed by atoms with van der Waals surface area (Å²) in [7, 11) is 4.03. The Balaban J connectivity index is 2.44.